The first-order chi connectivity index (χ1) is 14.3. The van der Waals surface area contributed by atoms with Gasteiger partial charge in [-0.3, -0.25) is 9.78 Å². The lowest BCUT2D eigenvalue weighted by Gasteiger charge is -2.35. The Morgan fingerprint density at radius 1 is 1.10 bits per heavy atom. The number of carbonyl (C=O) groups excluding carboxylic acids is 1. The number of nitrogens with zero attached hydrogens (tertiary/aromatic N) is 3. The summed E-state index contributed by atoms with van der Waals surface area (Å²) in [5.74, 6) is 0.653. The Morgan fingerprint density at radius 3 is 2.79 bits per heavy atom. The van der Waals surface area contributed by atoms with Crippen molar-refractivity contribution in [2.24, 2.45) is 0 Å². The highest BCUT2D eigenvalue weighted by molar-refractivity contribution is 5.98. The Balaban J connectivity index is 1.44. The van der Waals surface area contributed by atoms with Crippen LogP contribution in [0, 0.1) is 0 Å². The SMILES string of the molecule is O=C(NCCc1cccnc1)c1cccnc1N1CCN[C@@H](c2ccccc2)C1. The fourth-order valence-corrected chi connectivity index (χ4v) is 3.64. The molecule has 3 aromatic rings. The second kappa shape index (κ2) is 9.30. The number of hydrogen-bond donors (Lipinski definition) is 2. The fourth-order valence-electron chi connectivity index (χ4n) is 3.64. The number of carbonyl (C=O) groups is 1. The molecule has 3 heterocycles. The zero-order valence-electron chi connectivity index (χ0n) is 16.3. The lowest BCUT2D eigenvalue weighted by molar-refractivity contribution is 0.0954. The maximum atomic E-state index is 12.8. The van der Waals surface area contributed by atoms with Gasteiger partial charge in [-0.25, -0.2) is 4.98 Å². The van der Waals surface area contributed by atoms with E-state index in [1.165, 1.54) is 5.56 Å². The van der Waals surface area contributed by atoms with E-state index in [-0.39, 0.29) is 11.9 Å². The third-order valence-corrected chi connectivity index (χ3v) is 5.13. The van der Waals surface area contributed by atoms with E-state index in [1.54, 1.807) is 12.4 Å². The number of amides is 1. The Hall–Kier alpha value is -3.25. The van der Waals surface area contributed by atoms with Gasteiger partial charge in [0.1, 0.15) is 5.82 Å². The lowest BCUT2D eigenvalue weighted by Crippen LogP contribution is -2.47. The molecular weight excluding hydrogens is 362 g/mol. The highest BCUT2D eigenvalue weighted by atomic mass is 16.1. The summed E-state index contributed by atoms with van der Waals surface area (Å²) in [6, 6.07) is 18.2. The van der Waals surface area contributed by atoms with Crippen LogP contribution in [-0.2, 0) is 6.42 Å². The van der Waals surface area contributed by atoms with Crippen molar-refractivity contribution in [1.82, 2.24) is 20.6 Å². The van der Waals surface area contributed by atoms with Crippen LogP contribution in [0.2, 0.25) is 0 Å². The molecule has 0 saturated carbocycles. The quantitative estimate of drug-likeness (QED) is 0.680. The smallest absolute Gasteiger partial charge is 0.255 e. The van der Waals surface area contributed by atoms with Gasteiger partial charge in [-0.15, -0.1) is 0 Å². The van der Waals surface area contributed by atoms with Gasteiger partial charge >= 0.3 is 0 Å². The van der Waals surface area contributed by atoms with Crippen molar-refractivity contribution in [2.45, 2.75) is 12.5 Å². The summed E-state index contributed by atoms with van der Waals surface area (Å²) < 4.78 is 0. The highest BCUT2D eigenvalue weighted by Gasteiger charge is 2.24. The number of nitrogens with one attached hydrogen (secondary N) is 2. The van der Waals surface area contributed by atoms with Gasteiger partial charge in [0.25, 0.3) is 5.91 Å². The molecule has 0 radical (unpaired) electrons. The van der Waals surface area contributed by atoms with E-state index >= 15 is 0 Å². The predicted octanol–water partition coefficient (Wildman–Crippen LogP) is 2.60. The molecule has 0 spiro atoms. The average Bonchev–Trinajstić information content (AvgIpc) is 2.80. The molecule has 0 bridgehead atoms. The van der Waals surface area contributed by atoms with Gasteiger partial charge in [0.05, 0.1) is 5.56 Å². The first-order valence-electron chi connectivity index (χ1n) is 9.96. The summed E-state index contributed by atoms with van der Waals surface area (Å²) in [5, 5.41) is 6.58. The first-order valence-corrected chi connectivity index (χ1v) is 9.96. The molecule has 4 rings (SSSR count). The van der Waals surface area contributed by atoms with Crippen LogP contribution in [0.4, 0.5) is 5.82 Å². The van der Waals surface area contributed by atoms with Crippen LogP contribution >= 0.6 is 0 Å². The third kappa shape index (κ3) is 4.78. The van der Waals surface area contributed by atoms with Crippen molar-refractivity contribution >= 4 is 11.7 Å². The molecule has 2 N–H and O–H groups in total. The van der Waals surface area contributed by atoms with Crippen LogP contribution in [0.3, 0.4) is 0 Å². The van der Waals surface area contributed by atoms with E-state index in [9.17, 15) is 4.79 Å². The number of rotatable bonds is 6. The van der Waals surface area contributed by atoms with E-state index in [2.05, 4.69) is 49.8 Å². The molecule has 6 nitrogen and oxygen atoms in total. The van der Waals surface area contributed by atoms with Gasteiger partial charge in [-0.05, 0) is 35.7 Å². The maximum Gasteiger partial charge on any atom is 0.255 e. The van der Waals surface area contributed by atoms with Crippen molar-refractivity contribution in [1.29, 1.82) is 0 Å². The van der Waals surface area contributed by atoms with Gasteiger partial charge < -0.3 is 15.5 Å². The van der Waals surface area contributed by atoms with Crippen molar-refractivity contribution in [2.75, 3.05) is 31.1 Å². The summed E-state index contributed by atoms with van der Waals surface area (Å²) in [4.78, 5) is 23.7. The van der Waals surface area contributed by atoms with Gasteiger partial charge in [-0.1, -0.05) is 36.4 Å². The number of pyridine rings is 2. The minimum Gasteiger partial charge on any atom is -0.353 e. The van der Waals surface area contributed by atoms with Crippen molar-refractivity contribution < 1.29 is 4.79 Å². The van der Waals surface area contributed by atoms with E-state index in [0.29, 0.717) is 12.1 Å². The van der Waals surface area contributed by atoms with Crippen LogP contribution in [-0.4, -0.2) is 42.1 Å². The van der Waals surface area contributed by atoms with Gasteiger partial charge in [-0.2, -0.15) is 0 Å². The molecule has 1 aliphatic heterocycles. The molecule has 1 saturated heterocycles. The second-order valence-corrected chi connectivity index (χ2v) is 7.11. The topological polar surface area (TPSA) is 70.2 Å². The normalized spacial score (nSPS) is 16.4. The third-order valence-electron chi connectivity index (χ3n) is 5.13. The van der Waals surface area contributed by atoms with E-state index < -0.39 is 0 Å². The molecule has 6 heteroatoms. The fraction of sp³-hybridized carbons (Fsp3) is 0.261. The second-order valence-electron chi connectivity index (χ2n) is 7.11. The molecule has 0 aliphatic carbocycles. The molecule has 29 heavy (non-hydrogen) atoms. The van der Waals surface area contributed by atoms with E-state index in [4.69, 9.17) is 0 Å². The molecule has 148 valence electrons. The zero-order valence-corrected chi connectivity index (χ0v) is 16.3. The molecule has 1 fully saturated rings. The molecule has 1 amide bonds. The predicted molar refractivity (Wildman–Crippen MR) is 114 cm³/mol. The summed E-state index contributed by atoms with van der Waals surface area (Å²) in [5.41, 5.74) is 2.97. The van der Waals surface area contributed by atoms with Crippen LogP contribution in [0.25, 0.3) is 0 Å². The molecule has 0 unspecified atom stereocenters. The van der Waals surface area contributed by atoms with E-state index in [1.807, 2.05) is 36.5 Å². The molecule has 1 aromatic carbocycles. The number of anilines is 1. The first kappa shape index (κ1) is 19.1. The van der Waals surface area contributed by atoms with Crippen LogP contribution in [0.5, 0.6) is 0 Å². The zero-order chi connectivity index (χ0) is 19.9. The maximum absolute atomic E-state index is 12.8. The molecular formula is C23H25N5O. The minimum atomic E-state index is -0.0909. The highest BCUT2D eigenvalue weighted by Crippen LogP contribution is 2.23. The van der Waals surface area contributed by atoms with Crippen LogP contribution in [0.1, 0.15) is 27.5 Å². The Kier molecular flexibility index (Phi) is 6.12. The largest absolute Gasteiger partial charge is 0.353 e. The number of hydrogen-bond acceptors (Lipinski definition) is 5. The standard InChI is InChI=1S/C23H25N5O/c29-23(27-13-10-18-6-4-11-24-16-18)20-9-5-12-26-22(20)28-15-14-25-21(17-28)19-7-2-1-3-8-19/h1-9,11-12,16,21,25H,10,13-15,17H2,(H,27,29)/t21-/m1/s1. The lowest BCUT2D eigenvalue weighted by atomic mass is 10.0. The molecule has 1 aliphatic rings. The summed E-state index contributed by atoms with van der Waals surface area (Å²) in [6.45, 7) is 3.00. The number of benzene rings is 1. The molecule has 2 aromatic heterocycles. The Morgan fingerprint density at radius 2 is 1.97 bits per heavy atom. The summed E-state index contributed by atoms with van der Waals surface area (Å²) in [6.07, 6.45) is 6.08. The monoisotopic (exact) mass is 387 g/mol. The minimum absolute atomic E-state index is 0.0909. The number of aromatic nitrogens is 2. The van der Waals surface area contributed by atoms with Crippen molar-refractivity contribution in [3.63, 3.8) is 0 Å². The Bertz CT molecular complexity index is 932. The van der Waals surface area contributed by atoms with Crippen LogP contribution in [0.15, 0.2) is 73.2 Å². The average molecular weight is 387 g/mol. The van der Waals surface area contributed by atoms with Gasteiger partial charge in [0.2, 0.25) is 0 Å². The van der Waals surface area contributed by atoms with E-state index in [0.717, 1.165) is 37.4 Å². The van der Waals surface area contributed by atoms with Gasteiger partial charge in [0.15, 0.2) is 0 Å². The molecule has 1 atom stereocenters. The summed E-state index contributed by atoms with van der Waals surface area (Å²) in [7, 11) is 0. The van der Waals surface area contributed by atoms with Crippen LogP contribution < -0.4 is 15.5 Å². The Labute approximate surface area is 171 Å². The number of piperazine rings is 1. The van der Waals surface area contributed by atoms with Gasteiger partial charge in [0, 0.05) is 50.8 Å². The van der Waals surface area contributed by atoms with Crippen molar-refractivity contribution in [3.05, 3.63) is 89.9 Å². The van der Waals surface area contributed by atoms with Crippen molar-refractivity contribution in [3.8, 4) is 0 Å². The summed E-state index contributed by atoms with van der Waals surface area (Å²) >= 11 is 0.